The Labute approximate surface area is 208 Å². The van der Waals surface area contributed by atoms with E-state index in [1.807, 2.05) is 26.8 Å². The molecule has 2 aliphatic rings. The van der Waals surface area contributed by atoms with Crippen LogP contribution in [0, 0.1) is 5.82 Å². The Balaban J connectivity index is 1.29. The van der Waals surface area contributed by atoms with E-state index in [0.717, 1.165) is 16.6 Å². The largest absolute Gasteiger partial charge is 0.444 e. The van der Waals surface area contributed by atoms with Gasteiger partial charge in [-0.1, -0.05) is 0 Å². The van der Waals surface area contributed by atoms with Crippen LogP contribution in [-0.2, 0) is 18.2 Å². The third-order valence-electron chi connectivity index (χ3n) is 6.32. The maximum absolute atomic E-state index is 14.6. The zero-order chi connectivity index (χ0) is 25.6. The number of carbonyl (C=O) groups is 2. The average molecular weight is 496 g/mol. The highest BCUT2D eigenvalue weighted by molar-refractivity contribution is 6.04. The van der Waals surface area contributed by atoms with Crippen LogP contribution in [-0.4, -0.2) is 70.1 Å². The van der Waals surface area contributed by atoms with Crippen LogP contribution in [0.1, 0.15) is 26.3 Å². The zero-order valence-corrected chi connectivity index (χ0v) is 20.9. The van der Waals surface area contributed by atoms with E-state index in [-0.39, 0.29) is 11.8 Å². The van der Waals surface area contributed by atoms with E-state index < -0.39 is 17.4 Å². The molecule has 1 fully saturated rings. The molecule has 0 aliphatic carbocycles. The van der Waals surface area contributed by atoms with Gasteiger partial charge in [0.05, 0.1) is 11.2 Å². The highest BCUT2D eigenvalue weighted by atomic mass is 19.1. The molecule has 2 aliphatic heterocycles. The number of rotatable bonds is 2. The normalized spacial score (nSPS) is 15.9. The number of pyridine rings is 1. The van der Waals surface area contributed by atoms with Gasteiger partial charge in [-0.05, 0) is 39.3 Å². The van der Waals surface area contributed by atoms with Crippen LogP contribution in [0.5, 0.6) is 0 Å². The van der Waals surface area contributed by atoms with E-state index in [9.17, 15) is 14.0 Å². The van der Waals surface area contributed by atoms with Crippen LogP contribution in [0.25, 0.3) is 10.9 Å². The fourth-order valence-corrected chi connectivity index (χ4v) is 4.67. The fourth-order valence-electron chi connectivity index (χ4n) is 4.67. The summed E-state index contributed by atoms with van der Waals surface area (Å²) in [5, 5.41) is 7.63. The molecular weight excluding hydrogens is 465 g/mol. The maximum atomic E-state index is 14.6. The molecule has 1 N–H and O–H groups in total. The lowest BCUT2D eigenvalue weighted by atomic mass is 10.1. The molecule has 2 aromatic heterocycles. The second kappa shape index (κ2) is 8.96. The summed E-state index contributed by atoms with van der Waals surface area (Å²) in [5.41, 5.74) is 2.07. The first-order valence-electron chi connectivity index (χ1n) is 12.0. The number of anilines is 3. The minimum Gasteiger partial charge on any atom is -0.444 e. The predicted molar refractivity (Wildman–Crippen MR) is 135 cm³/mol. The molecule has 1 aromatic carbocycles. The van der Waals surface area contributed by atoms with Crippen LogP contribution in [0.15, 0.2) is 30.6 Å². The lowest BCUT2D eigenvalue weighted by Gasteiger charge is -2.37. The molecule has 0 saturated carbocycles. The van der Waals surface area contributed by atoms with Gasteiger partial charge in [-0.15, -0.1) is 0 Å². The molecule has 4 heterocycles. The van der Waals surface area contributed by atoms with Crippen molar-refractivity contribution in [2.45, 2.75) is 32.8 Å². The van der Waals surface area contributed by atoms with E-state index in [2.05, 4.69) is 20.3 Å². The number of amides is 3. The molecule has 11 heteroatoms. The summed E-state index contributed by atoms with van der Waals surface area (Å²) in [5.74, 6) is 0.0287. The van der Waals surface area contributed by atoms with Crippen LogP contribution in [0.4, 0.5) is 31.2 Å². The van der Waals surface area contributed by atoms with Gasteiger partial charge in [0.1, 0.15) is 17.2 Å². The SMILES string of the molecule is Cn1cc2cc(NC(=O)N3CCc4c(N5CCN(C(=O)OC(C)(C)C)CC5)ccnc43)c(F)cc2n1. The van der Waals surface area contributed by atoms with Gasteiger partial charge in [0.15, 0.2) is 0 Å². The molecule has 0 atom stereocenters. The van der Waals surface area contributed by atoms with E-state index in [4.69, 9.17) is 4.74 Å². The summed E-state index contributed by atoms with van der Waals surface area (Å²) in [7, 11) is 1.76. The Kier molecular flexibility index (Phi) is 5.93. The predicted octanol–water partition coefficient (Wildman–Crippen LogP) is 3.76. The Morgan fingerprint density at radius 3 is 2.58 bits per heavy atom. The van der Waals surface area contributed by atoms with Gasteiger partial charge in [-0.3, -0.25) is 9.58 Å². The number of nitrogens with zero attached hydrogens (tertiary/aromatic N) is 6. The second-order valence-electron chi connectivity index (χ2n) is 10.1. The number of halogens is 1. The minimum atomic E-state index is -0.543. The molecule has 0 unspecified atom stereocenters. The van der Waals surface area contributed by atoms with Crippen LogP contribution < -0.4 is 15.1 Å². The number of carbonyl (C=O) groups excluding carboxylic acids is 2. The number of aryl methyl sites for hydroxylation is 1. The van der Waals surface area contributed by atoms with Gasteiger partial charge in [0, 0.05) is 74.9 Å². The lowest BCUT2D eigenvalue weighted by Crippen LogP contribution is -2.50. The molecule has 0 spiro atoms. The lowest BCUT2D eigenvalue weighted by molar-refractivity contribution is 0.0240. The van der Waals surface area contributed by atoms with Gasteiger partial charge in [0.2, 0.25) is 0 Å². The number of nitrogens with one attached hydrogen (secondary N) is 1. The third kappa shape index (κ3) is 4.65. The van der Waals surface area contributed by atoms with Crippen molar-refractivity contribution in [1.82, 2.24) is 19.7 Å². The summed E-state index contributed by atoms with van der Waals surface area (Å²) < 4.78 is 21.7. The first-order valence-corrected chi connectivity index (χ1v) is 12.0. The quantitative estimate of drug-likeness (QED) is 0.582. The topological polar surface area (TPSA) is 95.8 Å². The highest BCUT2D eigenvalue weighted by Crippen LogP contribution is 2.35. The number of fused-ring (bicyclic) bond motifs is 2. The Bertz CT molecular complexity index is 1330. The minimum absolute atomic E-state index is 0.100. The number of hydrogen-bond donors (Lipinski definition) is 1. The average Bonchev–Trinajstić information content (AvgIpc) is 3.40. The van der Waals surface area contributed by atoms with Crippen molar-refractivity contribution in [3.8, 4) is 0 Å². The summed E-state index contributed by atoms with van der Waals surface area (Å²) in [6.07, 6.45) is 3.79. The summed E-state index contributed by atoms with van der Waals surface area (Å²) in [6.45, 7) is 8.41. The van der Waals surface area contributed by atoms with E-state index >= 15 is 0 Å². The van der Waals surface area contributed by atoms with Crippen molar-refractivity contribution in [1.29, 1.82) is 0 Å². The van der Waals surface area contributed by atoms with Gasteiger partial charge >= 0.3 is 12.1 Å². The van der Waals surface area contributed by atoms with E-state index in [0.29, 0.717) is 50.5 Å². The monoisotopic (exact) mass is 495 g/mol. The van der Waals surface area contributed by atoms with E-state index in [1.165, 1.54) is 6.07 Å². The first-order chi connectivity index (χ1) is 17.1. The van der Waals surface area contributed by atoms with Crippen LogP contribution in [0.2, 0.25) is 0 Å². The Morgan fingerprint density at radius 1 is 1.11 bits per heavy atom. The summed E-state index contributed by atoms with van der Waals surface area (Å²) in [4.78, 5) is 35.4. The summed E-state index contributed by atoms with van der Waals surface area (Å²) >= 11 is 0. The van der Waals surface area contributed by atoms with E-state index in [1.54, 1.807) is 40.0 Å². The first kappa shape index (κ1) is 23.8. The molecule has 190 valence electrons. The van der Waals surface area contributed by atoms with Crippen molar-refractivity contribution in [2.75, 3.05) is 47.8 Å². The Morgan fingerprint density at radius 2 is 1.86 bits per heavy atom. The number of hydrogen-bond acceptors (Lipinski definition) is 6. The molecule has 3 aromatic rings. The highest BCUT2D eigenvalue weighted by Gasteiger charge is 2.32. The molecule has 0 radical (unpaired) electrons. The smallest absolute Gasteiger partial charge is 0.410 e. The Hall–Kier alpha value is -3.89. The number of aromatic nitrogens is 3. The van der Waals surface area contributed by atoms with Crippen molar-refractivity contribution >= 4 is 40.2 Å². The standard InChI is InChI=1S/C25H30FN7O3/c1-25(2,3)36-24(35)32-11-9-31(10-12-32)21-5-7-27-22-17(21)6-8-33(22)23(34)28-20-13-16-15-30(4)29-19(16)14-18(20)26/h5,7,13-15H,6,8-12H2,1-4H3,(H,28,34). The third-order valence-corrected chi connectivity index (χ3v) is 6.32. The summed E-state index contributed by atoms with van der Waals surface area (Å²) in [6, 6.07) is 4.41. The van der Waals surface area contributed by atoms with Crippen molar-refractivity contribution in [3.63, 3.8) is 0 Å². The fraction of sp³-hybridized carbons (Fsp3) is 0.440. The van der Waals surface area contributed by atoms with Crippen LogP contribution >= 0.6 is 0 Å². The van der Waals surface area contributed by atoms with Gasteiger partial charge in [-0.25, -0.2) is 19.0 Å². The molecule has 36 heavy (non-hydrogen) atoms. The van der Waals surface area contributed by atoms with Crippen molar-refractivity contribution in [3.05, 3.63) is 42.0 Å². The van der Waals surface area contributed by atoms with Gasteiger partial charge in [-0.2, -0.15) is 5.10 Å². The molecule has 5 rings (SSSR count). The molecular formula is C25H30FN7O3. The second-order valence-corrected chi connectivity index (χ2v) is 10.1. The zero-order valence-electron chi connectivity index (χ0n) is 20.9. The number of urea groups is 1. The number of benzene rings is 1. The van der Waals surface area contributed by atoms with Crippen molar-refractivity contribution in [2.24, 2.45) is 7.05 Å². The molecule has 1 saturated heterocycles. The van der Waals surface area contributed by atoms with Gasteiger partial charge < -0.3 is 19.9 Å². The molecule has 3 amide bonds. The number of piperazine rings is 1. The molecule has 0 bridgehead atoms. The van der Waals surface area contributed by atoms with Crippen LogP contribution in [0.3, 0.4) is 0 Å². The van der Waals surface area contributed by atoms with Gasteiger partial charge in [0.25, 0.3) is 0 Å². The number of ether oxygens (including phenoxy) is 1. The van der Waals surface area contributed by atoms with Crippen molar-refractivity contribution < 1.29 is 18.7 Å². The molecule has 10 nitrogen and oxygen atoms in total. The maximum Gasteiger partial charge on any atom is 0.410 e.